The van der Waals surface area contributed by atoms with Crippen molar-refractivity contribution in [3.8, 4) is 17.5 Å². The number of hydrogen-bond donors (Lipinski definition) is 1. The molecule has 106 valence electrons. The Morgan fingerprint density at radius 2 is 1.85 bits per heavy atom. The van der Waals surface area contributed by atoms with Crippen LogP contribution in [0, 0.1) is 0 Å². The lowest BCUT2D eigenvalue weighted by Gasteiger charge is -2.09. The Kier molecular flexibility index (Phi) is 4.34. The fourth-order valence-corrected chi connectivity index (χ4v) is 1.85. The second kappa shape index (κ2) is 6.18. The molecule has 2 aromatic rings. The van der Waals surface area contributed by atoms with Crippen LogP contribution in [0.4, 0.5) is 5.69 Å². The standard InChI is InChI=1S/C14H18N4O2/c1-4-11-12(5-2)17-18-14(16-11)20-9-6-7-13(19-3)10(15)8-9/h6-8H,4-5,15H2,1-3H3. The van der Waals surface area contributed by atoms with Gasteiger partial charge in [-0.25, -0.2) is 0 Å². The molecule has 0 aliphatic rings. The van der Waals surface area contributed by atoms with Crippen LogP contribution in [0.25, 0.3) is 0 Å². The molecule has 0 fully saturated rings. The third-order valence-corrected chi connectivity index (χ3v) is 2.90. The van der Waals surface area contributed by atoms with E-state index in [0.29, 0.717) is 17.2 Å². The molecule has 0 spiro atoms. The molecule has 0 saturated heterocycles. The molecular formula is C14H18N4O2. The van der Waals surface area contributed by atoms with E-state index in [4.69, 9.17) is 15.2 Å². The minimum absolute atomic E-state index is 0.226. The van der Waals surface area contributed by atoms with E-state index < -0.39 is 0 Å². The third-order valence-electron chi connectivity index (χ3n) is 2.90. The topological polar surface area (TPSA) is 83.2 Å². The van der Waals surface area contributed by atoms with Crippen LogP contribution >= 0.6 is 0 Å². The van der Waals surface area contributed by atoms with Gasteiger partial charge in [-0.15, -0.1) is 5.10 Å². The third kappa shape index (κ3) is 2.96. The Hall–Kier alpha value is -2.37. The fourth-order valence-electron chi connectivity index (χ4n) is 1.85. The number of aryl methyl sites for hydroxylation is 2. The van der Waals surface area contributed by atoms with Gasteiger partial charge in [0.1, 0.15) is 11.5 Å². The number of rotatable bonds is 5. The van der Waals surface area contributed by atoms with Crippen LogP contribution in [0.5, 0.6) is 17.5 Å². The highest BCUT2D eigenvalue weighted by molar-refractivity contribution is 5.56. The van der Waals surface area contributed by atoms with E-state index in [0.717, 1.165) is 24.2 Å². The molecule has 0 amide bonds. The zero-order valence-electron chi connectivity index (χ0n) is 11.9. The number of anilines is 1. The molecule has 0 bridgehead atoms. The minimum atomic E-state index is 0.226. The first-order valence-corrected chi connectivity index (χ1v) is 6.51. The van der Waals surface area contributed by atoms with Gasteiger partial charge in [-0.2, -0.15) is 4.98 Å². The molecule has 0 aliphatic carbocycles. The lowest BCUT2D eigenvalue weighted by molar-refractivity contribution is 0.411. The molecule has 6 nitrogen and oxygen atoms in total. The largest absolute Gasteiger partial charge is 0.495 e. The Morgan fingerprint density at radius 3 is 2.45 bits per heavy atom. The maximum atomic E-state index is 5.83. The molecule has 0 radical (unpaired) electrons. The van der Waals surface area contributed by atoms with Crippen molar-refractivity contribution in [2.75, 3.05) is 12.8 Å². The van der Waals surface area contributed by atoms with E-state index in [9.17, 15) is 0 Å². The monoisotopic (exact) mass is 274 g/mol. The van der Waals surface area contributed by atoms with E-state index in [-0.39, 0.29) is 6.01 Å². The van der Waals surface area contributed by atoms with Crippen molar-refractivity contribution < 1.29 is 9.47 Å². The van der Waals surface area contributed by atoms with Crippen LogP contribution in [0.3, 0.4) is 0 Å². The second-order valence-electron chi connectivity index (χ2n) is 4.20. The second-order valence-corrected chi connectivity index (χ2v) is 4.20. The van der Waals surface area contributed by atoms with Crippen LogP contribution in [0.1, 0.15) is 25.2 Å². The van der Waals surface area contributed by atoms with Crippen molar-refractivity contribution in [2.45, 2.75) is 26.7 Å². The normalized spacial score (nSPS) is 10.3. The van der Waals surface area contributed by atoms with Crippen LogP contribution in [0.15, 0.2) is 18.2 Å². The van der Waals surface area contributed by atoms with Crippen LogP contribution in [0.2, 0.25) is 0 Å². The zero-order valence-corrected chi connectivity index (χ0v) is 11.9. The summed E-state index contributed by atoms with van der Waals surface area (Å²) in [4.78, 5) is 4.36. The van der Waals surface area contributed by atoms with E-state index >= 15 is 0 Å². The smallest absolute Gasteiger partial charge is 0.341 e. The Bertz CT molecular complexity index is 602. The lowest BCUT2D eigenvalue weighted by Crippen LogP contribution is -2.04. The van der Waals surface area contributed by atoms with Gasteiger partial charge in [-0.3, -0.25) is 0 Å². The van der Waals surface area contributed by atoms with Gasteiger partial charge >= 0.3 is 6.01 Å². The number of aromatic nitrogens is 3. The van der Waals surface area contributed by atoms with E-state index in [1.165, 1.54) is 0 Å². The SMILES string of the molecule is CCc1nnc(Oc2ccc(OC)c(N)c2)nc1CC. The first-order valence-electron chi connectivity index (χ1n) is 6.51. The summed E-state index contributed by atoms with van der Waals surface area (Å²) in [5.41, 5.74) is 8.12. The molecule has 0 atom stereocenters. The number of nitrogen functional groups attached to an aromatic ring is 1. The van der Waals surface area contributed by atoms with Crippen LogP contribution in [-0.4, -0.2) is 22.3 Å². The molecule has 1 aromatic heterocycles. The highest BCUT2D eigenvalue weighted by Gasteiger charge is 2.09. The number of nitrogens with zero attached hydrogens (tertiary/aromatic N) is 3. The number of methoxy groups -OCH3 is 1. The summed E-state index contributed by atoms with van der Waals surface area (Å²) in [5.74, 6) is 1.16. The summed E-state index contributed by atoms with van der Waals surface area (Å²) in [5, 5.41) is 8.10. The minimum Gasteiger partial charge on any atom is -0.495 e. The summed E-state index contributed by atoms with van der Waals surface area (Å²) < 4.78 is 10.7. The average Bonchev–Trinajstić information content (AvgIpc) is 2.47. The van der Waals surface area contributed by atoms with Gasteiger partial charge in [0.25, 0.3) is 0 Å². The number of benzene rings is 1. The van der Waals surface area contributed by atoms with Gasteiger partial charge in [0.2, 0.25) is 0 Å². The van der Waals surface area contributed by atoms with Crippen molar-refractivity contribution in [3.63, 3.8) is 0 Å². The van der Waals surface area contributed by atoms with Crippen molar-refractivity contribution >= 4 is 5.69 Å². The van der Waals surface area contributed by atoms with Gasteiger partial charge in [0.05, 0.1) is 24.2 Å². The van der Waals surface area contributed by atoms with E-state index in [1.807, 2.05) is 13.8 Å². The molecular weight excluding hydrogens is 256 g/mol. The first-order chi connectivity index (χ1) is 9.67. The van der Waals surface area contributed by atoms with Gasteiger partial charge < -0.3 is 15.2 Å². The number of hydrogen-bond acceptors (Lipinski definition) is 6. The van der Waals surface area contributed by atoms with E-state index in [1.54, 1.807) is 25.3 Å². The van der Waals surface area contributed by atoms with Gasteiger partial charge in [-0.05, 0) is 25.0 Å². The summed E-state index contributed by atoms with van der Waals surface area (Å²) in [6.07, 6.45) is 1.60. The molecule has 0 aliphatic heterocycles. The maximum Gasteiger partial charge on any atom is 0.341 e. The number of nitrogens with two attached hydrogens (primary N) is 1. The summed E-state index contributed by atoms with van der Waals surface area (Å²) in [7, 11) is 1.57. The molecule has 20 heavy (non-hydrogen) atoms. The van der Waals surface area contributed by atoms with Gasteiger partial charge in [0.15, 0.2) is 0 Å². The number of ether oxygens (including phenoxy) is 2. The Balaban J connectivity index is 2.23. The van der Waals surface area contributed by atoms with Crippen LogP contribution < -0.4 is 15.2 Å². The zero-order chi connectivity index (χ0) is 14.5. The van der Waals surface area contributed by atoms with Gasteiger partial charge in [0, 0.05) is 6.07 Å². The molecule has 1 heterocycles. The summed E-state index contributed by atoms with van der Waals surface area (Å²) in [6.45, 7) is 4.05. The van der Waals surface area contributed by atoms with Crippen LogP contribution in [-0.2, 0) is 12.8 Å². The van der Waals surface area contributed by atoms with Crippen molar-refractivity contribution in [3.05, 3.63) is 29.6 Å². The summed E-state index contributed by atoms with van der Waals surface area (Å²) in [6, 6.07) is 5.38. The molecule has 0 unspecified atom stereocenters. The van der Waals surface area contributed by atoms with Crippen molar-refractivity contribution in [1.29, 1.82) is 0 Å². The quantitative estimate of drug-likeness (QED) is 0.843. The lowest BCUT2D eigenvalue weighted by atomic mass is 10.2. The maximum absolute atomic E-state index is 5.83. The van der Waals surface area contributed by atoms with Gasteiger partial charge in [-0.1, -0.05) is 18.9 Å². The molecule has 0 saturated carbocycles. The van der Waals surface area contributed by atoms with E-state index in [2.05, 4.69) is 15.2 Å². The molecule has 2 N–H and O–H groups in total. The molecule has 1 aromatic carbocycles. The highest BCUT2D eigenvalue weighted by Crippen LogP contribution is 2.28. The average molecular weight is 274 g/mol. The Morgan fingerprint density at radius 1 is 1.10 bits per heavy atom. The highest BCUT2D eigenvalue weighted by atomic mass is 16.5. The Labute approximate surface area is 118 Å². The van der Waals surface area contributed by atoms with Crippen molar-refractivity contribution in [2.24, 2.45) is 0 Å². The fraction of sp³-hybridized carbons (Fsp3) is 0.357. The molecule has 6 heteroatoms. The predicted molar refractivity (Wildman–Crippen MR) is 76.1 cm³/mol. The first kappa shape index (κ1) is 14.0. The summed E-state index contributed by atoms with van der Waals surface area (Å²) >= 11 is 0. The van der Waals surface area contributed by atoms with Crippen molar-refractivity contribution in [1.82, 2.24) is 15.2 Å². The predicted octanol–water partition coefficient (Wildman–Crippen LogP) is 2.38. The molecule has 2 rings (SSSR count).